The van der Waals surface area contributed by atoms with Gasteiger partial charge in [-0.05, 0) is 31.2 Å². The van der Waals surface area contributed by atoms with Gasteiger partial charge >= 0.3 is 0 Å². The van der Waals surface area contributed by atoms with Crippen molar-refractivity contribution < 1.29 is 14.3 Å². The molecule has 2 heterocycles. The highest BCUT2D eigenvalue weighted by Crippen LogP contribution is 2.31. The summed E-state index contributed by atoms with van der Waals surface area (Å²) in [7, 11) is 1.98. The van der Waals surface area contributed by atoms with Crippen LogP contribution in [-0.4, -0.2) is 51.9 Å². The van der Waals surface area contributed by atoms with Crippen molar-refractivity contribution in [2.24, 2.45) is 7.05 Å². The number of nitrogens with zero attached hydrogens (tertiary/aromatic N) is 3. The highest BCUT2D eigenvalue weighted by Gasteiger charge is 2.25. The van der Waals surface area contributed by atoms with Gasteiger partial charge in [-0.1, -0.05) is 36.0 Å². The number of carbonyl (C=O) groups is 1. The van der Waals surface area contributed by atoms with E-state index >= 15 is 0 Å². The topological polar surface area (TPSA) is 56.6 Å². The maximum Gasteiger partial charge on any atom is 0.233 e. The molecule has 0 N–H and O–H groups in total. The van der Waals surface area contributed by atoms with Crippen LogP contribution in [0, 0.1) is 0 Å². The molecule has 0 spiro atoms. The predicted octanol–water partition coefficient (Wildman–Crippen LogP) is 3.35. The van der Waals surface area contributed by atoms with Gasteiger partial charge in [0.1, 0.15) is 6.61 Å². The number of fused-ring (bicyclic) bond motifs is 2. The molecule has 0 fully saturated rings. The number of likely N-dealkylation sites (N-methyl/N-ethyl adjacent to an activating group) is 1. The third-order valence-corrected chi connectivity index (χ3v) is 5.81. The zero-order chi connectivity index (χ0) is 19.5. The monoisotopic (exact) mass is 397 g/mol. The van der Waals surface area contributed by atoms with Crippen LogP contribution < -0.4 is 9.47 Å². The van der Waals surface area contributed by atoms with Crippen LogP contribution >= 0.6 is 11.8 Å². The van der Waals surface area contributed by atoms with Gasteiger partial charge in [0, 0.05) is 13.6 Å². The van der Waals surface area contributed by atoms with E-state index in [0.29, 0.717) is 25.4 Å². The Hall–Kier alpha value is -2.67. The predicted molar refractivity (Wildman–Crippen MR) is 110 cm³/mol. The first kappa shape index (κ1) is 18.7. The maximum absolute atomic E-state index is 12.8. The molecular weight excluding hydrogens is 374 g/mol. The van der Waals surface area contributed by atoms with Gasteiger partial charge in [-0.3, -0.25) is 4.79 Å². The van der Waals surface area contributed by atoms with Crippen LogP contribution in [0.4, 0.5) is 0 Å². The van der Waals surface area contributed by atoms with Crippen LogP contribution in [0.3, 0.4) is 0 Å². The smallest absolute Gasteiger partial charge is 0.233 e. The number of aryl methyl sites for hydroxylation is 1. The van der Waals surface area contributed by atoms with Crippen molar-refractivity contribution in [2.45, 2.75) is 18.2 Å². The van der Waals surface area contributed by atoms with Crippen molar-refractivity contribution in [3.05, 3.63) is 48.5 Å². The number of ether oxygens (including phenoxy) is 2. The van der Waals surface area contributed by atoms with E-state index < -0.39 is 0 Å². The fourth-order valence-electron chi connectivity index (χ4n) is 3.28. The van der Waals surface area contributed by atoms with Crippen molar-refractivity contribution in [3.8, 4) is 11.5 Å². The van der Waals surface area contributed by atoms with Crippen molar-refractivity contribution in [1.29, 1.82) is 0 Å². The summed E-state index contributed by atoms with van der Waals surface area (Å²) in [6.07, 6.45) is -0.167. The Morgan fingerprint density at radius 2 is 1.96 bits per heavy atom. The summed E-state index contributed by atoms with van der Waals surface area (Å²) in [5.41, 5.74) is 2.01. The number of imidazole rings is 1. The number of carbonyl (C=O) groups excluding carboxylic acids is 1. The summed E-state index contributed by atoms with van der Waals surface area (Å²) in [6, 6.07) is 15.6. The number of benzene rings is 2. The molecule has 1 atom stereocenters. The first-order chi connectivity index (χ1) is 13.7. The molecule has 1 amide bonds. The van der Waals surface area contributed by atoms with Crippen LogP contribution in [0.2, 0.25) is 0 Å². The number of hydrogen-bond donors (Lipinski definition) is 0. The Labute approximate surface area is 168 Å². The maximum atomic E-state index is 12.8. The number of rotatable bonds is 6. The first-order valence-electron chi connectivity index (χ1n) is 9.36. The van der Waals surface area contributed by atoms with E-state index in [4.69, 9.17) is 9.47 Å². The average Bonchev–Trinajstić information content (AvgIpc) is 3.06. The van der Waals surface area contributed by atoms with Gasteiger partial charge in [-0.15, -0.1) is 0 Å². The van der Waals surface area contributed by atoms with E-state index in [1.807, 2.05) is 72.0 Å². The fourth-order valence-corrected chi connectivity index (χ4v) is 4.17. The number of amides is 1. The lowest BCUT2D eigenvalue weighted by Gasteiger charge is -2.30. The molecule has 1 aliphatic rings. The summed E-state index contributed by atoms with van der Waals surface area (Å²) >= 11 is 1.46. The van der Waals surface area contributed by atoms with Gasteiger partial charge in [-0.2, -0.15) is 0 Å². The quantitative estimate of drug-likeness (QED) is 0.597. The summed E-state index contributed by atoms with van der Waals surface area (Å²) in [5.74, 6) is 1.90. The van der Waals surface area contributed by atoms with Gasteiger partial charge in [0.05, 0.1) is 23.3 Å². The van der Waals surface area contributed by atoms with E-state index in [-0.39, 0.29) is 12.0 Å². The molecule has 3 aromatic rings. The van der Waals surface area contributed by atoms with Crippen molar-refractivity contribution in [2.75, 3.05) is 25.4 Å². The largest absolute Gasteiger partial charge is 0.486 e. The van der Waals surface area contributed by atoms with E-state index in [0.717, 1.165) is 27.7 Å². The molecule has 2 aromatic carbocycles. The molecule has 6 nitrogen and oxygen atoms in total. The Morgan fingerprint density at radius 1 is 1.21 bits per heavy atom. The Morgan fingerprint density at radius 3 is 2.75 bits per heavy atom. The lowest BCUT2D eigenvalue weighted by atomic mass is 10.2. The number of thioether (sulfide) groups is 1. The summed E-state index contributed by atoms with van der Waals surface area (Å²) in [5, 5.41) is 0.844. The summed E-state index contributed by atoms with van der Waals surface area (Å²) in [6.45, 7) is 3.56. The minimum absolute atomic E-state index is 0.0713. The molecule has 1 aromatic heterocycles. The Bertz CT molecular complexity index is 988. The molecular formula is C21H23N3O3S. The number of hydrogen-bond acceptors (Lipinski definition) is 5. The SMILES string of the molecule is CCN(CC1COc2ccccc2O1)C(=O)CSc1nc2ccccc2n1C. The highest BCUT2D eigenvalue weighted by molar-refractivity contribution is 7.99. The van der Waals surface area contributed by atoms with Gasteiger partial charge in [-0.25, -0.2) is 4.98 Å². The molecule has 1 unspecified atom stereocenters. The van der Waals surface area contributed by atoms with Crippen LogP contribution in [0.5, 0.6) is 11.5 Å². The summed E-state index contributed by atoms with van der Waals surface area (Å²) in [4.78, 5) is 19.2. The normalized spacial score (nSPS) is 15.6. The minimum Gasteiger partial charge on any atom is -0.486 e. The minimum atomic E-state index is -0.167. The standard InChI is InChI=1S/C21H23N3O3S/c1-3-24(12-15-13-26-18-10-6-7-11-19(18)27-15)20(25)14-28-21-22-16-8-4-5-9-17(16)23(21)2/h4-11,15H,3,12-14H2,1-2H3. The molecule has 146 valence electrons. The molecule has 7 heteroatoms. The van der Waals surface area contributed by atoms with Crippen molar-refractivity contribution in [3.63, 3.8) is 0 Å². The van der Waals surface area contributed by atoms with Crippen molar-refractivity contribution in [1.82, 2.24) is 14.5 Å². The van der Waals surface area contributed by atoms with E-state index in [1.165, 1.54) is 11.8 Å². The molecule has 0 saturated carbocycles. The zero-order valence-electron chi connectivity index (χ0n) is 16.0. The van der Waals surface area contributed by atoms with E-state index in [2.05, 4.69) is 4.98 Å². The van der Waals surface area contributed by atoms with E-state index in [9.17, 15) is 4.79 Å². The van der Waals surface area contributed by atoms with Gasteiger partial charge < -0.3 is 18.9 Å². The highest BCUT2D eigenvalue weighted by atomic mass is 32.2. The molecule has 0 aliphatic carbocycles. The second-order valence-corrected chi connectivity index (χ2v) is 7.60. The van der Waals surface area contributed by atoms with E-state index in [1.54, 1.807) is 0 Å². The molecule has 0 bridgehead atoms. The summed E-state index contributed by atoms with van der Waals surface area (Å²) < 4.78 is 13.8. The Balaban J connectivity index is 1.37. The lowest BCUT2D eigenvalue weighted by Crippen LogP contribution is -2.44. The number of aromatic nitrogens is 2. The van der Waals surface area contributed by atoms with Crippen LogP contribution in [0.25, 0.3) is 11.0 Å². The molecule has 0 radical (unpaired) electrons. The fraction of sp³-hybridized carbons (Fsp3) is 0.333. The third kappa shape index (κ3) is 3.80. The average molecular weight is 398 g/mol. The molecule has 28 heavy (non-hydrogen) atoms. The Kier molecular flexibility index (Phi) is 5.43. The second-order valence-electron chi connectivity index (χ2n) is 6.66. The number of para-hydroxylation sites is 4. The lowest BCUT2D eigenvalue weighted by molar-refractivity contribution is -0.129. The van der Waals surface area contributed by atoms with Crippen LogP contribution in [0.1, 0.15) is 6.92 Å². The van der Waals surface area contributed by atoms with Gasteiger partial charge in [0.15, 0.2) is 22.8 Å². The molecule has 1 aliphatic heterocycles. The first-order valence-corrected chi connectivity index (χ1v) is 10.3. The van der Waals surface area contributed by atoms with Crippen LogP contribution in [0.15, 0.2) is 53.7 Å². The van der Waals surface area contributed by atoms with Gasteiger partial charge in [0.2, 0.25) is 5.91 Å². The van der Waals surface area contributed by atoms with Crippen LogP contribution in [-0.2, 0) is 11.8 Å². The molecule has 0 saturated heterocycles. The second kappa shape index (κ2) is 8.14. The van der Waals surface area contributed by atoms with Gasteiger partial charge in [0.25, 0.3) is 0 Å². The zero-order valence-corrected chi connectivity index (χ0v) is 16.8. The third-order valence-electron chi connectivity index (χ3n) is 4.80. The molecule has 4 rings (SSSR count). The van der Waals surface area contributed by atoms with Crippen molar-refractivity contribution >= 4 is 28.7 Å².